The van der Waals surface area contributed by atoms with E-state index in [2.05, 4.69) is 46.9 Å². The van der Waals surface area contributed by atoms with Crippen molar-refractivity contribution in [3.05, 3.63) is 65.9 Å². The number of hydrogen-bond acceptors (Lipinski definition) is 3. The van der Waals surface area contributed by atoms with Crippen molar-refractivity contribution in [2.45, 2.75) is 51.6 Å². The summed E-state index contributed by atoms with van der Waals surface area (Å²) < 4.78 is 8.69. The molecule has 5 heteroatoms. The van der Waals surface area contributed by atoms with Crippen molar-refractivity contribution < 1.29 is 9.53 Å². The van der Waals surface area contributed by atoms with Crippen LogP contribution in [0.3, 0.4) is 0 Å². The van der Waals surface area contributed by atoms with Crippen molar-refractivity contribution in [1.82, 2.24) is 14.4 Å². The van der Waals surface area contributed by atoms with Gasteiger partial charge in [0.25, 0.3) is 0 Å². The number of carbonyl (C=O) groups excluding carboxylic acids is 1. The predicted octanol–water partition coefficient (Wildman–Crippen LogP) is 5.04. The number of fused-ring (bicyclic) bond motifs is 2. The van der Waals surface area contributed by atoms with E-state index in [-0.39, 0.29) is 5.91 Å². The second kappa shape index (κ2) is 10.0. The second-order valence-corrected chi connectivity index (χ2v) is 9.40. The number of carbonyl (C=O) groups is 1. The number of amides is 1. The van der Waals surface area contributed by atoms with Crippen LogP contribution < -0.4 is 4.74 Å². The van der Waals surface area contributed by atoms with Gasteiger partial charge in [0.15, 0.2) is 0 Å². The van der Waals surface area contributed by atoms with Crippen LogP contribution in [-0.4, -0.2) is 53.1 Å². The molecule has 3 aromatic rings. The second-order valence-electron chi connectivity index (χ2n) is 9.40. The SMILES string of the molecule is CCN1CCN(Cc2cn(C3CCCC3)c3ccccc23)CCOc2ccccc2CC1=O. The molecule has 174 valence electrons. The van der Waals surface area contributed by atoms with Crippen LogP contribution in [0, 0.1) is 0 Å². The fourth-order valence-electron chi connectivity index (χ4n) is 5.47. The molecule has 33 heavy (non-hydrogen) atoms. The molecular formula is C28H35N3O2. The summed E-state index contributed by atoms with van der Waals surface area (Å²) in [7, 11) is 0. The number of hydrogen-bond donors (Lipinski definition) is 0. The van der Waals surface area contributed by atoms with Gasteiger partial charge in [0.05, 0.1) is 6.42 Å². The van der Waals surface area contributed by atoms with Crippen molar-refractivity contribution >= 4 is 16.8 Å². The molecule has 5 nitrogen and oxygen atoms in total. The number of aromatic nitrogens is 1. The Morgan fingerprint density at radius 2 is 1.76 bits per heavy atom. The van der Waals surface area contributed by atoms with Crippen molar-refractivity contribution in [1.29, 1.82) is 0 Å². The number of para-hydroxylation sites is 2. The third-order valence-electron chi connectivity index (χ3n) is 7.34. The summed E-state index contributed by atoms with van der Waals surface area (Å²) in [6.07, 6.45) is 8.02. The number of rotatable bonds is 4. The first-order valence-corrected chi connectivity index (χ1v) is 12.5. The molecule has 2 aromatic carbocycles. The van der Waals surface area contributed by atoms with E-state index in [1.165, 1.54) is 42.1 Å². The van der Waals surface area contributed by atoms with E-state index in [9.17, 15) is 4.79 Å². The van der Waals surface area contributed by atoms with E-state index in [4.69, 9.17) is 4.74 Å². The van der Waals surface area contributed by atoms with Crippen LogP contribution in [0.25, 0.3) is 10.9 Å². The monoisotopic (exact) mass is 445 g/mol. The molecule has 0 bridgehead atoms. The first kappa shape index (κ1) is 22.0. The van der Waals surface area contributed by atoms with E-state index in [0.717, 1.165) is 44.0 Å². The Kier molecular flexibility index (Phi) is 6.68. The van der Waals surface area contributed by atoms with Gasteiger partial charge in [0, 0.05) is 61.4 Å². The lowest BCUT2D eigenvalue weighted by molar-refractivity contribution is -0.130. The molecule has 1 saturated carbocycles. The largest absolute Gasteiger partial charge is 0.492 e. The van der Waals surface area contributed by atoms with E-state index in [1.54, 1.807) is 0 Å². The Hall–Kier alpha value is -2.79. The van der Waals surface area contributed by atoms with Crippen molar-refractivity contribution in [2.75, 3.05) is 32.8 Å². The summed E-state index contributed by atoms with van der Waals surface area (Å²) in [5.41, 5.74) is 3.71. The highest BCUT2D eigenvalue weighted by Crippen LogP contribution is 2.34. The van der Waals surface area contributed by atoms with Crippen LogP contribution in [0.2, 0.25) is 0 Å². The van der Waals surface area contributed by atoms with E-state index >= 15 is 0 Å². The zero-order valence-corrected chi connectivity index (χ0v) is 19.7. The Labute approximate surface area is 196 Å². The van der Waals surface area contributed by atoms with Gasteiger partial charge in [0.1, 0.15) is 12.4 Å². The summed E-state index contributed by atoms with van der Waals surface area (Å²) in [6.45, 7) is 6.73. The highest BCUT2D eigenvalue weighted by molar-refractivity contribution is 5.84. The van der Waals surface area contributed by atoms with Crippen LogP contribution in [0.5, 0.6) is 5.75 Å². The number of likely N-dealkylation sites (N-methyl/N-ethyl adjacent to an activating group) is 1. The average molecular weight is 446 g/mol. The molecule has 1 aromatic heterocycles. The molecule has 0 radical (unpaired) electrons. The van der Waals surface area contributed by atoms with E-state index < -0.39 is 0 Å². The van der Waals surface area contributed by atoms with Gasteiger partial charge in [-0.25, -0.2) is 0 Å². The number of benzene rings is 2. The molecule has 0 unspecified atom stereocenters. The fraction of sp³-hybridized carbons (Fsp3) is 0.464. The van der Waals surface area contributed by atoms with Gasteiger partial charge >= 0.3 is 0 Å². The summed E-state index contributed by atoms with van der Waals surface area (Å²) in [5.74, 6) is 1.01. The molecule has 1 fully saturated rings. The topological polar surface area (TPSA) is 37.7 Å². The van der Waals surface area contributed by atoms with E-state index in [0.29, 0.717) is 19.1 Å². The maximum absolute atomic E-state index is 13.0. The molecular weight excluding hydrogens is 410 g/mol. The van der Waals surface area contributed by atoms with Crippen LogP contribution in [-0.2, 0) is 17.8 Å². The van der Waals surface area contributed by atoms with Crippen molar-refractivity contribution in [3.8, 4) is 5.75 Å². The quantitative estimate of drug-likeness (QED) is 0.565. The van der Waals surface area contributed by atoms with Crippen LogP contribution in [0.15, 0.2) is 54.7 Å². The third-order valence-corrected chi connectivity index (χ3v) is 7.34. The van der Waals surface area contributed by atoms with Crippen molar-refractivity contribution in [3.63, 3.8) is 0 Å². The smallest absolute Gasteiger partial charge is 0.227 e. The molecule has 2 aliphatic rings. The van der Waals surface area contributed by atoms with Gasteiger partial charge in [-0.1, -0.05) is 49.2 Å². The lowest BCUT2D eigenvalue weighted by atomic mass is 10.1. The lowest BCUT2D eigenvalue weighted by Gasteiger charge is -2.26. The molecule has 0 saturated heterocycles. The Morgan fingerprint density at radius 3 is 2.61 bits per heavy atom. The first-order chi connectivity index (χ1) is 16.2. The average Bonchev–Trinajstić information content (AvgIpc) is 3.48. The van der Waals surface area contributed by atoms with E-state index in [1.807, 2.05) is 29.2 Å². The fourth-order valence-corrected chi connectivity index (χ4v) is 5.47. The van der Waals surface area contributed by atoms with Gasteiger partial charge in [-0.2, -0.15) is 0 Å². The minimum absolute atomic E-state index is 0.174. The molecule has 0 N–H and O–H groups in total. The number of ether oxygens (including phenoxy) is 1. The number of nitrogens with zero attached hydrogens (tertiary/aromatic N) is 3. The van der Waals surface area contributed by atoms with Crippen molar-refractivity contribution in [2.24, 2.45) is 0 Å². The first-order valence-electron chi connectivity index (χ1n) is 12.5. The van der Waals surface area contributed by atoms with Gasteiger partial charge in [-0.3, -0.25) is 9.69 Å². The normalized spacial score (nSPS) is 18.8. The maximum Gasteiger partial charge on any atom is 0.227 e. The summed E-state index contributed by atoms with van der Waals surface area (Å²) >= 11 is 0. The Morgan fingerprint density at radius 1 is 0.970 bits per heavy atom. The minimum Gasteiger partial charge on any atom is -0.492 e. The molecule has 0 spiro atoms. The van der Waals surface area contributed by atoms with Gasteiger partial charge in [-0.15, -0.1) is 0 Å². The zero-order valence-electron chi connectivity index (χ0n) is 19.7. The summed E-state index contributed by atoms with van der Waals surface area (Å²) in [5, 5.41) is 1.36. The Bertz CT molecular complexity index is 1100. The summed E-state index contributed by atoms with van der Waals surface area (Å²) in [4.78, 5) is 17.4. The highest BCUT2D eigenvalue weighted by atomic mass is 16.5. The lowest BCUT2D eigenvalue weighted by Crippen LogP contribution is -2.39. The maximum atomic E-state index is 13.0. The molecule has 2 heterocycles. The van der Waals surface area contributed by atoms with Crippen LogP contribution in [0.4, 0.5) is 0 Å². The van der Waals surface area contributed by atoms with Crippen LogP contribution in [0.1, 0.15) is 49.8 Å². The predicted molar refractivity (Wildman–Crippen MR) is 133 cm³/mol. The van der Waals surface area contributed by atoms with Gasteiger partial charge in [0.2, 0.25) is 5.91 Å². The zero-order chi connectivity index (χ0) is 22.6. The Balaban J connectivity index is 1.40. The molecule has 0 atom stereocenters. The van der Waals surface area contributed by atoms with Crippen LogP contribution >= 0.6 is 0 Å². The summed E-state index contributed by atoms with van der Waals surface area (Å²) in [6, 6.07) is 17.4. The molecule has 5 rings (SSSR count). The molecule has 1 aliphatic heterocycles. The third kappa shape index (κ3) is 4.79. The highest BCUT2D eigenvalue weighted by Gasteiger charge is 2.22. The van der Waals surface area contributed by atoms with Gasteiger partial charge in [-0.05, 0) is 37.5 Å². The van der Waals surface area contributed by atoms with Gasteiger partial charge < -0.3 is 14.2 Å². The standard InChI is InChI=1S/C28H35N3O2/c1-2-30-16-15-29(17-18-33-27-14-8-3-9-22(27)19-28(30)32)20-23-21-31(24-10-4-5-11-24)26-13-7-6-12-25(23)26/h3,6-9,12-14,21,24H,2,4-5,10-11,15-20H2,1H3. The molecule has 1 aliphatic carbocycles. The minimum atomic E-state index is 0.174. The molecule has 1 amide bonds.